The Kier molecular flexibility index (Phi) is 2.17. The van der Waals surface area contributed by atoms with Crippen molar-refractivity contribution in [3.8, 4) is 6.07 Å². The van der Waals surface area contributed by atoms with Crippen LogP contribution in [0.5, 0.6) is 0 Å². The molecule has 2 aromatic rings. The van der Waals surface area contributed by atoms with E-state index in [1.807, 2.05) is 28.8 Å². The highest BCUT2D eigenvalue weighted by atomic mass is 15.0. The van der Waals surface area contributed by atoms with Crippen molar-refractivity contribution in [1.82, 2.24) is 9.38 Å². The molecule has 0 aromatic carbocycles. The molecule has 4 heteroatoms. The number of nitrogens with two attached hydrogens (primary N) is 1. The summed E-state index contributed by atoms with van der Waals surface area (Å²) in [5.41, 5.74) is 7.27. The van der Waals surface area contributed by atoms with Gasteiger partial charge in [0.1, 0.15) is 11.9 Å². The summed E-state index contributed by atoms with van der Waals surface area (Å²) in [6.07, 6.45) is 5.31. The van der Waals surface area contributed by atoms with Crippen LogP contribution in [-0.4, -0.2) is 15.9 Å². The molecule has 0 spiro atoms. The molecule has 86 valence electrons. The highest BCUT2D eigenvalue weighted by Crippen LogP contribution is 2.42. The highest BCUT2D eigenvalue weighted by Gasteiger charge is 2.41. The normalized spacial score (nSPS) is 17.6. The fraction of sp³-hybridized carbons (Fsp3) is 0.385. The Bertz CT molecular complexity index is 596. The minimum atomic E-state index is -0.0145. The molecule has 2 N–H and O–H groups in total. The third-order valence-electron chi connectivity index (χ3n) is 3.83. The Balaban J connectivity index is 2.27. The SMILES string of the molecule is N#Cc1nc(C2(CN)CCC2)n2ccccc12. The summed E-state index contributed by atoms with van der Waals surface area (Å²) < 4.78 is 2.02. The molecule has 0 bridgehead atoms. The predicted octanol–water partition coefficient (Wildman–Crippen LogP) is 1.59. The van der Waals surface area contributed by atoms with Crippen LogP contribution in [-0.2, 0) is 5.41 Å². The Labute approximate surface area is 99.7 Å². The van der Waals surface area contributed by atoms with Crippen LogP contribution in [0.4, 0.5) is 0 Å². The molecule has 1 fully saturated rings. The lowest BCUT2D eigenvalue weighted by Crippen LogP contribution is -2.43. The van der Waals surface area contributed by atoms with E-state index in [1.54, 1.807) is 0 Å². The second kappa shape index (κ2) is 3.57. The highest BCUT2D eigenvalue weighted by molar-refractivity contribution is 5.59. The number of fused-ring (bicyclic) bond motifs is 1. The molecule has 0 unspecified atom stereocenters. The van der Waals surface area contributed by atoms with Crippen LogP contribution in [0.25, 0.3) is 5.52 Å². The maximum absolute atomic E-state index is 9.12. The van der Waals surface area contributed by atoms with E-state index in [0.29, 0.717) is 12.2 Å². The minimum absolute atomic E-state index is 0.0145. The van der Waals surface area contributed by atoms with Gasteiger partial charge in [-0.05, 0) is 25.0 Å². The first-order chi connectivity index (χ1) is 8.30. The molecule has 0 atom stereocenters. The summed E-state index contributed by atoms with van der Waals surface area (Å²) in [5, 5.41) is 9.12. The number of rotatable bonds is 2. The van der Waals surface area contributed by atoms with E-state index < -0.39 is 0 Å². The molecule has 3 rings (SSSR count). The Morgan fingerprint density at radius 1 is 1.47 bits per heavy atom. The van der Waals surface area contributed by atoms with Crippen molar-refractivity contribution >= 4 is 5.52 Å². The van der Waals surface area contributed by atoms with Crippen molar-refractivity contribution in [2.45, 2.75) is 24.7 Å². The van der Waals surface area contributed by atoms with Gasteiger partial charge in [-0.3, -0.25) is 0 Å². The van der Waals surface area contributed by atoms with Crippen LogP contribution >= 0.6 is 0 Å². The van der Waals surface area contributed by atoms with E-state index in [0.717, 1.165) is 24.2 Å². The summed E-state index contributed by atoms with van der Waals surface area (Å²) in [6, 6.07) is 7.98. The van der Waals surface area contributed by atoms with Crippen molar-refractivity contribution in [3.05, 3.63) is 35.9 Å². The lowest BCUT2D eigenvalue weighted by molar-refractivity contribution is 0.237. The predicted molar refractivity (Wildman–Crippen MR) is 64.5 cm³/mol. The molecule has 4 nitrogen and oxygen atoms in total. The van der Waals surface area contributed by atoms with Gasteiger partial charge in [-0.25, -0.2) is 4.98 Å². The number of nitrogens with zero attached hydrogens (tertiary/aromatic N) is 3. The second-order valence-electron chi connectivity index (χ2n) is 4.69. The Morgan fingerprint density at radius 2 is 2.29 bits per heavy atom. The van der Waals surface area contributed by atoms with Gasteiger partial charge in [0, 0.05) is 18.2 Å². The number of imidazole rings is 1. The fourth-order valence-corrected chi connectivity index (χ4v) is 2.62. The molecule has 1 saturated carbocycles. The van der Waals surface area contributed by atoms with Crippen molar-refractivity contribution in [3.63, 3.8) is 0 Å². The average molecular weight is 226 g/mol. The quantitative estimate of drug-likeness (QED) is 0.845. The molecular weight excluding hydrogens is 212 g/mol. The molecule has 0 saturated heterocycles. The van der Waals surface area contributed by atoms with Gasteiger partial charge in [-0.2, -0.15) is 5.26 Å². The zero-order valence-electron chi connectivity index (χ0n) is 9.56. The number of hydrogen-bond acceptors (Lipinski definition) is 3. The van der Waals surface area contributed by atoms with Crippen LogP contribution in [0.3, 0.4) is 0 Å². The summed E-state index contributed by atoms with van der Waals surface area (Å²) in [6.45, 7) is 0.603. The lowest BCUT2D eigenvalue weighted by Gasteiger charge is -2.39. The van der Waals surface area contributed by atoms with E-state index in [-0.39, 0.29) is 5.41 Å². The summed E-state index contributed by atoms with van der Waals surface area (Å²) in [4.78, 5) is 4.49. The summed E-state index contributed by atoms with van der Waals surface area (Å²) in [5.74, 6) is 0.957. The monoisotopic (exact) mass is 226 g/mol. The van der Waals surface area contributed by atoms with Crippen LogP contribution < -0.4 is 5.73 Å². The number of hydrogen-bond donors (Lipinski definition) is 1. The van der Waals surface area contributed by atoms with Crippen molar-refractivity contribution in [2.24, 2.45) is 5.73 Å². The zero-order valence-corrected chi connectivity index (χ0v) is 9.56. The van der Waals surface area contributed by atoms with Crippen LogP contribution in [0.15, 0.2) is 24.4 Å². The van der Waals surface area contributed by atoms with Gasteiger partial charge < -0.3 is 10.1 Å². The van der Waals surface area contributed by atoms with Crippen molar-refractivity contribution < 1.29 is 0 Å². The lowest BCUT2D eigenvalue weighted by atomic mass is 9.68. The second-order valence-corrected chi connectivity index (χ2v) is 4.69. The molecule has 0 amide bonds. The van der Waals surface area contributed by atoms with Crippen molar-refractivity contribution in [1.29, 1.82) is 5.26 Å². The molecule has 1 aliphatic carbocycles. The largest absolute Gasteiger partial charge is 0.329 e. The minimum Gasteiger partial charge on any atom is -0.329 e. The third kappa shape index (κ3) is 1.29. The maximum atomic E-state index is 9.12. The van der Waals surface area contributed by atoms with Gasteiger partial charge in [-0.15, -0.1) is 0 Å². The first-order valence-corrected chi connectivity index (χ1v) is 5.88. The average Bonchev–Trinajstić information content (AvgIpc) is 2.68. The van der Waals surface area contributed by atoms with Gasteiger partial charge in [0.2, 0.25) is 0 Å². The van der Waals surface area contributed by atoms with Gasteiger partial charge in [0.15, 0.2) is 5.69 Å². The first-order valence-electron chi connectivity index (χ1n) is 5.88. The third-order valence-corrected chi connectivity index (χ3v) is 3.83. The molecule has 1 aliphatic rings. The number of aromatic nitrogens is 2. The van der Waals surface area contributed by atoms with Crippen molar-refractivity contribution in [2.75, 3.05) is 6.54 Å². The molecule has 2 heterocycles. The van der Waals surface area contributed by atoms with Gasteiger partial charge >= 0.3 is 0 Å². The van der Waals surface area contributed by atoms with E-state index in [2.05, 4.69) is 11.1 Å². The standard InChI is InChI=1S/C13H14N4/c14-8-10-11-4-1-2-7-17(11)12(16-10)13(9-15)5-3-6-13/h1-2,4,7H,3,5-6,9,15H2. The molecular formula is C13H14N4. The Hall–Kier alpha value is -1.86. The summed E-state index contributed by atoms with van der Waals surface area (Å²) >= 11 is 0. The van der Waals surface area contributed by atoms with E-state index >= 15 is 0 Å². The topological polar surface area (TPSA) is 67.1 Å². The first kappa shape index (κ1) is 10.3. The van der Waals surface area contributed by atoms with Gasteiger partial charge in [-0.1, -0.05) is 12.5 Å². The number of nitriles is 1. The Morgan fingerprint density at radius 3 is 2.88 bits per heavy atom. The van der Waals surface area contributed by atoms with Gasteiger partial charge in [0.05, 0.1) is 5.52 Å². The summed E-state index contributed by atoms with van der Waals surface area (Å²) in [7, 11) is 0. The van der Waals surface area contributed by atoms with E-state index in [4.69, 9.17) is 11.0 Å². The molecule has 0 aliphatic heterocycles. The molecule has 17 heavy (non-hydrogen) atoms. The zero-order chi connectivity index (χ0) is 11.9. The number of pyridine rings is 1. The van der Waals surface area contributed by atoms with Crippen LogP contribution in [0, 0.1) is 11.3 Å². The fourth-order valence-electron chi connectivity index (χ4n) is 2.62. The maximum Gasteiger partial charge on any atom is 0.166 e. The van der Waals surface area contributed by atoms with Crippen LogP contribution in [0.1, 0.15) is 30.8 Å². The smallest absolute Gasteiger partial charge is 0.166 e. The van der Waals surface area contributed by atoms with E-state index in [1.165, 1.54) is 6.42 Å². The molecule has 0 radical (unpaired) electrons. The van der Waals surface area contributed by atoms with Gasteiger partial charge in [0.25, 0.3) is 0 Å². The van der Waals surface area contributed by atoms with Crippen LogP contribution in [0.2, 0.25) is 0 Å². The van der Waals surface area contributed by atoms with E-state index in [9.17, 15) is 0 Å². The molecule has 2 aromatic heterocycles.